The molecule has 0 aliphatic carbocycles. The molecule has 1 unspecified atom stereocenters. The van der Waals surface area contributed by atoms with E-state index in [-0.39, 0.29) is 12.1 Å². The van der Waals surface area contributed by atoms with Gasteiger partial charge in [0.2, 0.25) is 0 Å². The van der Waals surface area contributed by atoms with Crippen molar-refractivity contribution in [1.29, 1.82) is 0 Å². The maximum atomic E-state index is 9.20. The van der Waals surface area contributed by atoms with E-state index in [9.17, 15) is 5.11 Å². The Kier molecular flexibility index (Phi) is 5.65. The molecule has 1 heterocycles. The highest BCUT2D eigenvalue weighted by Gasteiger charge is 2.22. The van der Waals surface area contributed by atoms with Crippen molar-refractivity contribution in [3.63, 3.8) is 0 Å². The molecule has 22 heavy (non-hydrogen) atoms. The van der Waals surface area contributed by atoms with Crippen LogP contribution in [0, 0.1) is 6.92 Å². The number of benzene rings is 1. The van der Waals surface area contributed by atoms with E-state index >= 15 is 0 Å². The second kappa shape index (κ2) is 7.49. The zero-order chi connectivity index (χ0) is 16.0. The van der Waals surface area contributed by atoms with Gasteiger partial charge < -0.3 is 15.2 Å². The van der Waals surface area contributed by atoms with Crippen LogP contribution in [0.1, 0.15) is 24.5 Å². The Balaban J connectivity index is 2.06. The molecular formula is C16H24N4O2. The average molecular weight is 304 g/mol. The standard InChI is InChI=1S/C16H24N4O2/c1-13-8-14(4-5-15(13)20-12-17-11-19-20)9-18-16(2,6-7-21)10-22-3/h4-5,8,11-12,18,21H,6-7,9-10H2,1-3H3. The lowest BCUT2D eigenvalue weighted by Crippen LogP contribution is -2.46. The summed E-state index contributed by atoms with van der Waals surface area (Å²) in [5.41, 5.74) is 3.11. The normalized spacial score (nSPS) is 14.0. The topological polar surface area (TPSA) is 72.2 Å². The van der Waals surface area contributed by atoms with Gasteiger partial charge >= 0.3 is 0 Å². The third-order valence-corrected chi connectivity index (χ3v) is 3.77. The minimum Gasteiger partial charge on any atom is -0.396 e. The van der Waals surface area contributed by atoms with Crippen molar-refractivity contribution < 1.29 is 9.84 Å². The second-order valence-corrected chi connectivity index (χ2v) is 5.78. The quantitative estimate of drug-likeness (QED) is 0.772. The summed E-state index contributed by atoms with van der Waals surface area (Å²) in [6.45, 7) is 5.53. The Bertz CT molecular complexity index is 578. The van der Waals surface area contributed by atoms with Gasteiger partial charge in [-0.2, -0.15) is 5.10 Å². The van der Waals surface area contributed by atoms with Crippen LogP contribution in [0.3, 0.4) is 0 Å². The number of hydrogen-bond acceptors (Lipinski definition) is 5. The Morgan fingerprint density at radius 3 is 2.82 bits per heavy atom. The molecule has 2 aromatic rings. The molecule has 120 valence electrons. The van der Waals surface area contributed by atoms with E-state index in [4.69, 9.17) is 4.74 Å². The van der Waals surface area contributed by atoms with Crippen LogP contribution in [0.4, 0.5) is 0 Å². The van der Waals surface area contributed by atoms with E-state index in [2.05, 4.69) is 41.4 Å². The minimum absolute atomic E-state index is 0.136. The molecule has 0 aliphatic rings. The van der Waals surface area contributed by atoms with Gasteiger partial charge in [0.15, 0.2) is 0 Å². The van der Waals surface area contributed by atoms with E-state index in [1.807, 2.05) is 6.07 Å². The highest BCUT2D eigenvalue weighted by Crippen LogP contribution is 2.16. The summed E-state index contributed by atoms with van der Waals surface area (Å²) >= 11 is 0. The average Bonchev–Trinajstić information content (AvgIpc) is 3.00. The summed E-state index contributed by atoms with van der Waals surface area (Å²) in [5.74, 6) is 0. The summed E-state index contributed by atoms with van der Waals surface area (Å²) in [4.78, 5) is 3.97. The van der Waals surface area contributed by atoms with Gasteiger partial charge in [-0.1, -0.05) is 12.1 Å². The fourth-order valence-corrected chi connectivity index (χ4v) is 2.51. The summed E-state index contributed by atoms with van der Waals surface area (Å²) < 4.78 is 7.00. The molecule has 6 heteroatoms. The van der Waals surface area contributed by atoms with E-state index in [0.717, 1.165) is 17.8 Å². The molecule has 0 aliphatic heterocycles. The molecule has 6 nitrogen and oxygen atoms in total. The zero-order valence-electron chi connectivity index (χ0n) is 13.4. The van der Waals surface area contributed by atoms with Crippen LogP contribution >= 0.6 is 0 Å². The molecule has 0 saturated heterocycles. The third-order valence-electron chi connectivity index (χ3n) is 3.77. The van der Waals surface area contributed by atoms with Crippen molar-refractivity contribution in [1.82, 2.24) is 20.1 Å². The lowest BCUT2D eigenvalue weighted by molar-refractivity contribution is 0.0969. The van der Waals surface area contributed by atoms with Crippen LogP contribution in [0.15, 0.2) is 30.9 Å². The van der Waals surface area contributed by atoms with Crippen LogP contribution < -0.4 is 5.32 Å². The minimum atomic E-state index is -0.234. The SMILES string of the molecule is COCC(C)(CCO)NCc1ccc(-n2cncn2)c(C)c1. The van der Waals surface area contributed by atoms with Crippen LogP contribution in [0.25, 0.3) is 5.69 Å². The molecule has 2 N–H and O–H groups in total. The highest BCUT2D eigenvalue weighted by atomic mass is 16.5. The number of aromatic nitrogens is 3. The molecular weight excluding hydrogens is 280 g/mol. The Labute approximate surface area is 131 Å². The Morgan fingerprint density at radius 2 is 2.23 bits per heavy atom. The number of aryl methyl sites for hydroxylation is 1. The van der Waals surface area contributed by atoms with Crippen molar-refractivity contribution in [3.8, 4) is 5.69 Å². The predicted molar refractivity (Wildman–Crippen MR) is 84.9 cm³/mol. The molecule has 1 aromatic heterocycles. The monoisotopic (exact) mass is 304 g/mol. The molecule has 0 fully saturated rings. The fraction of sp³-hybridized carbons (Fsp3) is 0.500. The van der Waals surface area contributed by atoms with E-state index < -0.39 is 0 Å². The van der Waals surface area contributed by atoms with Gasteiger partial charge in [0.05, 0.1) is 12.3 Å². The van der Waals surface area contributed by atoms with Crippen LogP contribution in [-0.4, -0.2) is 45.7 Å². The molecule has 0 amide bonds. The Morgan fingerprint density at radius 1 is 1.41 bits per heavy atom. The number of nitrogens with zero attached hydrogens (tertiary/aromatic N) is 3. The lowest BCUT2D eigenvalue weighted by Gasteiger charge is -2.29. The summed E-state index contributed by atoms with van der Waals surface area (Å²) in [5, 5.41) is 16.8. The smallest absolute Gasteiger partial charge is 0.138 e. The first-order valence-corrected chi connectivity index (χ1v) is 7.37. The van der Waals surface area contributed by atoms with Gasteiger partial charge in [-0.3, -0.25) is 0 Å². The molecule has 1 aromatic carbocycles. The largest absolute Gasteiger partial charge is 0.396 e. The molecule has 0 saturated carbocycles. The third kappa shape index (κ3) is 4.13. The Hall–Kier alpha value is -1.76. The van der Waals surface area contributed by atoms with Crippen LogP contribution in [-0.2, 0) is 11.3 Å². The van der Waals surface area contributed by atoms with Crippen molar-refractivity contribution in [3.05, 3.63) is 42.0 Å². The zero-order valence-corrected chi connectivity index (χ0v) is 13.4. The number of aliphatic hydroxyl groups is 1. The summed E-state index contributed by atoms with van der Waals surface area (Å²) in [6, 6.07) is 6.25. The number of methoxy groups -OCH3 is 1. The van der Waals surface area contributed by atoms with Crippen LogP contribution in [0.2, 0.25) is 0 Å². The van der Waals surface area contributed by atoms with Gasteiger partial charge in [-0.15, -0.1) is 0 Å². The van der Waals surface area contributed by atoms with E-state index in [0.29, 0.717) is 13.0 Å². The van der Waals surface area contributed by atoms with Gasteiger partial charge in [-0.25, -0.2) is 9.67 Å². The fourth-order valence-electron chi connectivity index (χ4n) is 2.51. The number of ether oxygens (including phenoxy) is 1. The van der Waals surface area contributed by atoms with Crippen molar-refractivity contribution >= 4 is 0 Å². The predicted octanol–water partition coefficient (Wildman–Crippen LogP) is 1.45. The maximum absolute atomic E-state index is 9.20. The van der Waals surface area contributed by atoms with Gasteiger partial charge in [-0.05, 0) is 37.5 Å². The second-order valence-electron chi connectivity index (χ2n) is 5.78. The van der Waals surface area contributed by atoms with Gasteiger partial charge in [0.25, 0.3) is 0 Å². The molecule has 0 bridgehead atoms. The highest BCUT2D eigenvalue weighted by molar-refractivity contribution is 5.41. The van der Waals surface area contributed by atoms with Crippen molar-refractivity contribution in [2.75, 3.05) is 20.3 Å². The summed E-state index contributed by atoms with van der Waals surface area (Å²) in [6.07, 6.45) is 3.87. The first kappa shape index (κ1) is 16.6. The van der Waals surface area contributed by atoms with Gasteiger partial charge in [0.1, 0.15) is 12.7 Å². The lowest BCUT2D eigenvalue weighted by atomic mass is 9.98. The molecule has 0 radical (unpaired) electrons. The molecule has 1 atom stereocenters. The van der Waals surface area contributed by atoms with E-state index in [1.54, 1.807) is 18.1 Å². The molecule has 0 spiro atoms. The number of aliphatic hydroxyl groups excluding tert-OH is 1. The van der Waals surface area contributed by atoms with Crippen molar-refractivity contribution in [2.45, 2.75) is 32.4 Å². The van der Waals surface area contributed by atoms with Crippen LogP contribution in [0.5, 0.6) is 0 Å². The summed E-state index contributed by atoms with van der Waals surface area (Å²) in [7, 11) is 1.67. The first-order chi connectivity index (χ1) is 10.6. The van der Waals surface area contributed by atoms with Gasteiger partial charge in [0, 0.05) is 25.8 Å². The number of nitrogens with one attached hydrogen (secondary N) is 1. The number of rotatable bonds is 8. The molecule has 2 rings (SSSR count). The maximum Gasteiger partial charge on any atom is 0.138 e. The first-order valence-electron chi connectivity index (χ1n) is 7.37. The number of hydrogen-bond donors (Lipinski definition) is 2. The van der Waals surface area contributed by atoms with Crippen molar-refractivity contribution in [2.24, 2.45) is 0 Å². The van der Waals surface area contributed by atoms with E-state index in [1.165, 1.54) is 11.9 Å².